The summed E-state index contributed by atoms with van der Waals surface area (Å²) >= 11 is 1.65. The van der Waals surface area contributed by atoms with E-state index in [4.69, 9.17) is 9.15 Å². The summed E-state index contributed by atoms with van der Waals surface area (Å²) in [7, 11) is 3.85. The Morgan fingerprint density at radius 2 is 1.89 bits per heavy atom. The van der Waals surface area contributed by atoms with E-state index in [1.807, 2.05) is 49.3 Å². The molecule has 3 rings (SSSR count). The zero-order valence-electron chi connectivity index (χ0n) is 16.4. The predicted octanol–water partition coefficient (Wildman–Crippen LogP) is 4.81. The van der Waals surface area contributed by atoms with Crippen LogP contribution >= 0.6 is 11.8 Å². The third kappa shape index (κ3) is 4.51. The van der Waals surface area contributed by atoms with E-state index in [2.05, 4.69) is 12.1 Å². The third-order valence-electron chi connectivity index (χ3n) is 4.30. The SMILES string of the molecule is CCOC(=O)c1c(CSCc2ccccc2)oc2ccc(CN(C)C)c(O)c12. The molecule has 1 aromatic heterocycles. The minimum absolute atomic E-state index is 0.0808. The molecule has 1 heterocycles. The number of thioether (sulfide) groups is 1. The highest BCUT2D eigenvalue weighted by Gasteiger charge is 2.25. The van der Waals surface area contributed by atoms with Gasteiger partial charge >= 0.3 is 5.97 Å². The molecule has 0 fully saturated rings. The van der Waals surface area contributed by atoms with Gasteiger partial charge in [-0.1, -0.05) is 36.4 Å². The number of benzene rings is 2. The van der Waals surface area contributed by atoms with Gasteiger partial charge in [0.05, 0.1) is 17.7 Å². The number of hydrogen-bond donors (Lipinski definition) is 1. The minimum atomic E-state index is -0.464. The second-order valence-electron chi connectivity index (χ2n) is 6.78. The van der Waals surface area contributed by atoms with Gasteiger partial charge in [0.2, 0.25) is 0 Å². The number of furan rings is 1. The maximum Gasteiger partial charge on any atom is 0.342 e. The topological polar surface area (TPSA) is 62.9 Å². The molecule has 28 heavy (non-hydrogen) atoms. The maximum atomic E-state index is 12.6. The average molecular weight is 400 g/mol. The molecule has 0 radical (unpaired) electrons. The van der Waals surface area contributed by atoms with E-state index >= 15 is 0 Å². The number of esters is 1. The van der Waals surface area contributed by atoms with Gasteiger partial charge in [-0.3, -0.25) is 0 Å². The van der Waals surface area contributed by atoms with Gasteiger partial charge in [-0.15, -0.1) is 11.8 Å². The fraction of sp³-hybridized carbons (Fsp3) is 0.318. The van der Waals surface area contributed by atoms with E-state index in [1.54, 1.807) is 18.7 Å². The van der Waals surface area contributed by atoms with E-state index in [1.165, 1.54) is 5.56 Å². The first-order chi connectivity index (χ1) is 13.5. The van der Waals surface area contributed by atoms with Crippen LogP contribution in [-0.2, 0) is 22.8 Å². The highest BCUT2D eigenvalue weighted by Crippen LogP contribution is 2.38. The number of phenols is 1. The van der Waals surface area contributed by atoms with Crippen molar-refractivity contribution in [2.45, 2.75) is 25.0 Å². The predicted molar refractivity (Wildman–Crippen MR) is 113 cm³/mol. The molecule has 2 aromatic carbocycles. The molecule has 3 aromatic rings. The van der Waals surface area contributed by atoms with E-state index in [0.717, 1.165) is 11.3 Å². The van der Waals surface area contributed by atoms with Gasteiger partial charge in [-0.05, 0) is 32.6 Å². The Balaban J connectivity index is 1.95. The molecule has 0 aliphatic heterocycles. The molecule has 0 bridgehead atoms. The summed E-state index contributed by atoms with van der Waals surface area (Å²) in [6.45, 7) is 2.59. The van der Waals surface area contributed by atoms with E-state index in [9.17, 15) is 9.90 Å². The Hall–Kier alpha value is -2.44. The Morgan fingerprint density at radius 1 is 1.14 bits per heavy atom. The summed E-state index contributed by atoms with van der Waals surface area (Å²) in [6, 6.07) is 13.8. The molecule has 0 unspecified atom stereocenters. The minimum Gasteiger partial charge on any atom is -0.507 e. The number of carbonyl (C=O) groups is 1. The molecule has 6 heteroatoms. The Kier molecular flexibility index (Phi) is 6.65. The quantitative estimate of drug-likeness (QED) is 0.549. The number of hydrogen-bond acceptors (Lipinski definition) is 6. The van der Waals surface area contributed by atoms with Gasteiger partial charge in [0.15, 0.2) is 0 Å². The first-order valence-electron chi connectivity index (χ1n) is 9.21. The van der Waals surface area contributed by atoms with Crippen molar-refractivity contribution in [2.24, 2.45) is 0 Å². The lowest BCUT2D eigenvalue weighted by atomic mass is 10.1. The molecule has 5 nitrogen and oxygen atoms in total. The van der Waals surface area contributed by atoms with Crippen LogP contribution in [0.5, 0.6) is 5.75 Å². The molecular weight excluding hydrogens is 374 g/mol. The van der Waals surface area contributed by atoms with Crippen molar-refractivity contribution in [3.8, 4) is 5.75 Å². The number of fused-ring (bicyclic) bond motifs is 1. The van der Waals surface area contributed by atoms with Crippen LogP contribution in [0.4, 0.5) is 0 Å². The smallest absolute Gasteiger partial charge is 0.342 e. The second kappa shape index (κ2) is 9.17. The summed E-state index contributed by atoms with van der Waals surface area (Å²) in [4.78, 5) is 14.6. The van der Waals surface area contributed by atoms with Crippen molar-refractivity contribution in [3.05, 3.63) is 64.9 Å². The Labute approximate surface area is 169 Å². The summed E-state index contributed by atoms with van der Waals surface area (Å²) in [6.07, 6.45) is 0. The monoisotopic (exact) mass is 399 g/mol. The van der Waals surface area contributed by atoms with E-state index in [0.29, 0.717) is 34.6 Å². The number of ether oxygens (including phenoxy) is 1. The molecule has 0 saturated heterocycles. The van der Waals surface area contributed by atoms with Crippen molar-refractivity contribution in [2.75, 3.05) is 20.7 Å². The van der Waals surface area contributed by atoms with Crippen LogP contribution in [0, 0.1) is 0 Å². The van der Waals surface area contributed by atoms with Crippen molar-refractivity contribution in [1.82, 2.24) is 4.90 Å². The molecular formula is C22H25NO4S. The Morgan fingerprint density at radius 3 is 2.57 bits per heavy atom. The highest BCUT2D eigenvalue weighted by molar-refractivity contribution is 7.97. The second-order valence-corrected chi connectivity index (χ2v) is 7.77. The van der Waals surface area contributed by atoms with Crippen molar-refractivity contribution in [3.63, 3.8) is 0 Å². The average Bonchev–Trinajstić information content (AvgIpc) is 3.04. The number of nitrogens with zero attached hydrogens (tertiary/aromatic N) is 1. The molecule has 0 amide bonds. The molecule has 0 aliphatic rings. The molecule has 0 saturated carbocycles. The largest absolute Gasteiger partial charge is 0.507 e. The maximum absolute atomic E-state index is 12.6. The third-order valence-corrected chi connectivity index (χ3v) is 5.30. The van der Waals surface area contributed by atoms with E-state index in [-0.39, 0.29) is 12.4 Å². The van der Waals surface area contributed by atoms with Crippen LogP contribution in [0.2, 0.25) is 0 Å². The first kappa shape index (κ1) is 20.3. The van der Waals surface area contributed by atoms with Crippen LogP contribution in [0.25, 0.3) is 11.0 Å². The highest BCUT2D eigenvalue weighted by atomic mass is 32.2. The van der Waals surface area contributed by atoms with Crippen LogP contribution in [-0.4, -0.2) is 36.7 Å². The van der Waals surface area contributed by atoms with Crippen molar-refractivity contribution in [1.29, 1.82) is 0 Å². The van der Waals surface area contributed by atoms with Gasteiger partial charge in [-0.25, -0.2) is 4.79 Å². The van der Waals surface area contributed by atoms with Gasteiger partial charge in [0, 0.05) is 17.9 Å². The molecule has 1 N–H and O–H groups in total. The van der Waals surface area contributed by atoms with Crippen LogP contribution in [0.15, 0.2) is 46.9 Å². The summed E-state index contributed by atoms with van der Waals surface area (Å²) in [5.41, 5.74) is 2.78. The van der Waals surface area contributed by atoms with Crippen LogP contribution in [0.1, 0.15) is 34.2 Å². The molecule has 0 aliphatic carbocycles. The summed E-state index contributed by atoms with van der Waals surface area (Å²) in [5.74, 6) is 1.47. The van der Waals surface area contributed by atoms with Crippen LogP contribution in [0.3, 0.4) is 0 Å². The summed E-state index contributed by atoms with van der Waals surface area (Å²) in [5, 5.41) is 11.2. The van der Waals surface area contributed by atoms with Crippen molar-refractivity contribution < 1.29 is 19.1 Å². The molecule has 0 spiro atoms. The lowest BCUT2D eigenvalue weighted by Crippen LogP contribution is -2.11. The zero-order chi connectivity index (χ0) is 20.1. The van der Waals surface area contributed by atoms with Gasteiger partial charge in [0.25, 0.3) is 0 Å². The number of rotatable bonds is 8. The standard InChI is InChI=1S/C22H25NO4S/c1-4-26-22(25)20-18(14-28-13-15-8-6-5-7-9-15)27-17-11-10-16(12-23(2)3)21(24)19(17)20/h5-11,24H,4,12-14H2,1-3H3. The lowest BCUT2D eigenvalue weighted by molar-refractivity contribution is 0.0526. The number of carbonyl (C=O) groups excluding carboxylic acids is 1. The molecule has 0 atom stereocenters. The van der Waals surface area contributed by atoms with Crippen LogP contribution < -0.4 is 0 Å². The Bertz CT molecular complexity index is 950. The van der Waals surface area contributed by atoms with Gasteiger partial charge in [-0.2, -0.15) is 0 Å². The van der Waals surface area contributed by atoms with E-state index < -0.39 is 5.97 Å². The zero-order valence-corrected chi connectivity index (χ0v) is 17.2. The first-order valence-corrected chi connectivity index (χ1v) is 10.4. The number of phenolic OH excluding ortho intramolecular Hbond substituents is 1. The number of aromatic hydroxyl groups is 1. The van der Waals surface area contributed by atoms with Crippen molar-refractivity contribution >= 4 is 28.7 Å². The summed E-state index contributed by atoms with van der Waals surface area (Å²) < 4.78 is 11.2. The fourth-order valence-electron chi connectivity index (χ4n) is 3.09. The van der Waals surface area contributed by atoms with Gasteiger partial charge < -0.3 is 19.2 Å². The molecule has 148 valence electrons. The fourth-order valence-corrected chi connectivity index (χ4v) is 4.01. The van der Waals surface area contributed by atoms with Gasteiger partial charge in [0.1, 0.15) is 22.7 Å². The normalized spacial score (nSPS) is 11.3. The lowest BCUT2D eigenvalue weighted by Gasteiger charge is -2.12.